The summed E-state index contributed by atoms with van der Waals surface area (Å²) in [5.41, 5.74) is 0. The Labute approximate surface area is 632 Å². The van der Waals surface area contributed by atoms with Gasteiger partial charge in [-0.1, -0.05) is 395 Å². The number of phosphoric acid groups is 2. The monoisotopic (exact) mass is 1510 g/mol. The summed E-state index contributed by atoms with van der Waals surface area (Å²) in [4.78, 5) is 73.2. The van der Waals surface area contributed by atoms with Crippen molar-refractivity contribution in [3.05, 3.63) is 0 Å². The van der Waals surface area contributed by atoms with Crippen LogP contribution in [0.25, 0.3) is 0 Å². The van der Waals surface area contributed by atoms with Gasteiger partial charge in [0.05, 0.1) is 26.4 Å². The molecule has 19 heteroatoms. The summed E-state index contributed by atoms with van der Waals surface area (Å²) in [7, 11) is -9.92. The van der Waals surface area contributed by atoms with Gasteiger partial charge in [-0.15, -0.1) is 0 Å². The third-order valence-corrected chi connectivity index (χ3v) is 21.6. The van der Waals surface area contributed by atoms with Crippen LogP contribution in [0, 0.1) is 11.8 Å². The third kappa shape index (κ3) is 78.0. The van der Waals surface area contributed by atoms with Crippen LogP contribution in [0.1, 0.15) is 446 Å². The van der Waals surface area contributed by atoms with E-state index in [1.165, 1.54) is 263 Å². The average molecular weight is 1510 g/mol. The van der Waals surface area contributed by atoms with Crippen LogP contribution in [0.2, 0.25) is 0 Å². The molecular weight excluding hydrogens is 1340 g/mol. The Morgan fingerprint density at radius 3 is 0.660 bits per heavy atom. The maximum Gasteiger partial charge on any atom is 0.472 e. The van der Waals surface area contributed by atoms with Crippen LogP contribution in [-0.4, -0.2) is 96.7 Å². The second-order valence-electron chi connectivity index (χ2n) is 31.2. The van der Waals surface area contributed by atoms with Crippen LogP contribution >= 0.6 is 15.6 Å². The minimum atomic E-state index is -4.96. The molecule has 0 saturated heterocycles. The largest absolute Gasteiger partial charge is 0.472 e. The van der Waals surface area contributed by atoms with E-state index in [0.29, 0.717) is 25.7 Å². The number of carbonyl (C=O) groups is 4. The van der Waals surface area contributed by atoms with Crippen molar-refractivity contribution in [2.75, 3.05) is 39.6 Å². The quantitative estimate of drug-likeness (QED) is 0.0222. The van der Waals surface area contributed by atoms with E-state index in [0.717, 1.165) is 102 Å². The third-order valence-electron chi connectivity index (χ3n) is 19.7. The minimum Gasteiger partial charge on any atom is -0.462 e. The summed E-state index contributed by atoms with van der Waals surface area (Å²) in [6, 6.07) is 0. The molecular formula is C84H164O17P2. The molecule has 0 bridgehead atoms. The molecule has 0 spiro atoms. The Morgan fingerprint density at radius 1 is 0.262 bits per heavy atom. The van der Waals surface area contributed by atoms with E-state index in [-0.39, 0.29) is 25.7 Å². The average Bonchev–Trinajstić information content (AvgIpc) is 0.932. The van der Waals surface area contributed by atoms with Crippen molar-refractivity contribution in [3.63, 3.8) is 0 Å². The SMILES string of the molecule is CCCCCCCCCCCCCCCCCCCCC(=O)OC[C@H](COP(=O)(O)OC[C@@H](O)COP(=O)(O)OC[C@@H](COC(=O)CCCCCCCCCCCCCC)OC(=O)CCCCCCCCCCCCCC(C)C)OC(=O)CCCCCCCCCCCCCCCCCCC(C)C. The molecule has 0 rings (SSSR count). The number of phosphoric ester groups is 2. The van der Waals surface area contributed by atoms with Gasteiger partial charge in [0.2, 0.25) is 0 Å². The van der Waals surface area contributed by atoms with Gasteiger partial charge in [0.15, 0.2) is 12.2 Å². The van der Waals surface area contributed by atoms with Crippen LogP contribution in [-0.2, 0) is 65.4 Å². The van der Waals surface area contributed by atoms with Crippen molar-refractivity contribution in [2.24, 2.45) is 11.8 Å². The standard InChI is InChI=1S/C84H164O17P2/c1-7-9-11-13-15-17-19-21-22-23-24-28-31-37-43-49-55-61-67-82(87)95-73-79(100-83(88)68-62-56-50-44-38-32-29-26-25-27-30-34-40-46-52-58-64-76(3)4)74-98-102(90,91)96-70-78(85)71-97-103(92,93)99-75-80(72-94-81(86)66-60-54-48-42-36-20-18-16-14-12-10-8-2)101-84(89)69-63-57-51-45-39-33-35-41-47-53-59-65-77(5)6/h76-80,85H,7-75H2,1-6H3,(H,90,91)(H,92,93)/t78-,79-,80-/m1/s1. The molecule has 0 aliphatic heterocycles. The summed E-state index contributed by atoms with van der Waals surface area (Å²) in [5, 5.41) is 10.7. The molecule has 103 heavy (non-hydrogen) atoms. The molecule has 0 aliphatic rings. The van der Waals surface area contributed by atoms with E-state index in [1.54, 1.807) is 0 Å². The highest BCUT2D eigenvalue weighted by Gasteiger charge is 2.30. The number of rotatable bonds is 83. The van der Waals surface area contributed by atoms with Gasteiger partial charge in [-0.3, -0.25) is 37.3 Å². The summed E-state index contributed by atoms with van der Waals surface area (Å²) in [6.07, 6.45) is 66.5. The smallest absolute Gasteiger partial charge is 0.462 e. The molecule has 612 valence electrons. The molecule has 0 aromatic rings. The Kier molecular flexibility index (Phi) is 74.1. The molecule has 0 aromatic heterocycles. The van der Waals surface area contributed by atoms with Crippen LogP contribution in [0.15, 0.2) is 0 Å². The number of ether oxygens (including phenoxy) is 4. The van der Waals surface area contributed by atoms with E-state index in [1.807, 2.05) is 0 Å². The fourth-order valence-corrected chi connectivity index (χ4v) is 14.6. The molecule has 17 nitrogen and oxygen atoms in total. The fraction of sp³-hybridized carbons (Fsp3) is 0.952. The number of aliphatic hydroxyl groups is 1. The summed E-state index contributed by atoms with van der Waals surface area (Å²) >= 11 is 0. The van der Waals surface area contributed by atoms with Crippen LogP contribution < -0.4 is 0 Å². The molecule has 0 fully saturated rings. The molecule has 0 aliphatic carbocycles. The molecule has 0 amide bonds. The predicted molar refractivity (Wildman–Crippen MR) is 423 cm³/mol. The van der Waals surface area contributed by atoms with E-state index in [2.05, 4.69) is 41.5 Å². The number of esters is 4. The molecule has 3 N–H and O–H groups in total. The van der Waals surface area contributed by atoms with Crippen LogP contribution in [0.3, 0.4) is 0 Å². The van der Waals surface area contributed by atoms with Crippen LogP contribution in [0.4, 0.5) is 0 Å². The number of hydrogen-bond acceptors (Lipinski definition) is 15. The number of carbonyl (C=O) groups excluding carboxylic acids is 4. The normalized spacial score (nSPS) is 13.9. The van der Waals surface area contributed by atoms with Crippen molar-refractivity contribution in [3.8, 4) is 0 Å². The van der Waals surface area contributed by atoms with Gasteiger partial charge < -0.3 is 33.8 Å². The summed E-state index contributed by atoms with van der Waals surface area (Å²) < 4.78 is 68.9. The topological polar surface area (TPSA) is 237 Å². The Balaban J connectivity index is 5.25. The lowest BCUT2D eigenvalue weighted by molar-refractivity contribution is -0.161. The van der Waals surface area contributed by atoms with Crippen molar-refractivity contribution < 1.29 is 80.2 Å². The first kappa shape index (κ1) is 101. The van der Waals surface area contributed by atoms with Gasteiger partial charge in [-0.05, 0) is 37.5 Å². The molecule has 0 heterocycles. The Bertz CT molecular complexity index is 1980. The lowest BCUT2D eigenvalue weighted by Gasteiger charge is -2.21. The van der Waals surface area contributed by atoms with Gasteiger partial charge in [-0.25, -0.2) is 9.13 Å². The van der Waals surface area contributed by atoms with E-state index in [9.17, 15) is 43.2 Å². The molecule has 2 unspecified atom stereocenters. The van der Waals surface area contributed by atoms with E-state index < -0.39 is 97.5 Å². The molecule has 5 atom stereocenters. The summed E-state index contributed by atoms with van der Waals surface area (Å²) in [6.45, 7) is 9.69. The summed E-state index contributed by atoms with van der Waals surface area (Å²) in [5.74, 6) is -0.528. The van der Waals surface area contributed by atoms with Crippen molar-refractivity contribution in [1.29, 1.82) is 0 Å². The zero-order valence-electron chi connectivity index (χ0n) is 67.6. The zero-order chi connectivity index (χ0) is 75.6. The predicted octanol–water partition coefficient (Wildman–Crippen LogP) is 25.5. The highest BCUT2D eigenvalue weighted by atomic mass is 31.2. The number of unbranched alkanes of at least 4 members (excludes halogenated alkanes) is 53. The molecule has 0 aromatic carbocycles. The van der Waals surface area contributed by atoms with Gasteiger partial charge in [0, 0.05) is 25.7 Å². The fourth-order valence-electron chi connectivity index (χ4n) is 13.1. The van der Waals surface area contributed by atoms with Crippen molar-refractivity contribution in [2.45, 2.75) is 464 Å². The minimum absolute atomic E-state index is 0.107. The first-order valence-electron chi connectivity index (χ1n) is 43.5. The lowest BCUT2D eigenvalue weighted by Crippen LogP contribution is -2.30. The molecule has 0 saturated carbocycles. The molecule has 0 radical (unpaired) electrons. The highest BCUT2D eigenvalue weighted by Crippen LogP contribution is 2.45. The van der Waals surface area contributed by atoms with Gasteiger partial charge in [-0.2, -0.15) is 0 Å². The highest BCUT2D eigenvalue weighted by molar-refractivity contribution is 7.47. The number of hydrogen-bond donors (Lipinski definition) is 3. The number of aliphatic hydroxyl groups excluding tert-OH is 1. The zero-order valence-corrected chi connectivity index (χ0v) is 69.4. The van der Waals surface area contributed by atoms with Gasteiger partial charge in [0.25, 0.3) is 0 Å². The maximum atomic E-state index is 13.1. The van der Waals surface area contributed by atoms with Crippen LogP contribution in [0.5, 0.6) is 0 Å². The second kappa shape index (κ2) is 75.5. The second-order valence-corrected chi connectivity index (χ2v) is 34.1. The Hall–Kier alpha value is -1.94. The first-order chi connectivity index (χ1) is 49.9. The lowest BCUT2D eigenvalue weighted by atomic mass is 10.0. The van der Waals surface area contributed by atoms with E-state index >= 15 is 0 Å². The van der Waals surface area contributed by atoms with E-state index in [4.69, 9.17) is 37.0 Å². The van der Waals surface area contributed by atoms with Crippen molar-refractivity contribution >= 4 is 39.5 Å². The Morgan fingerprint density at radius 2 is 0.447 bits per heavy atom. The van der Waals surface area contributed by atoms with Gasteiger partial charge >= 0.3 is 39.5 Å². The van der Waals surface area contributed by atoms with Crippen molar-refractivity contribution in [1.82, 2.24) is 0 Å². The first-order valence-corrected chi connectivity index (χ1v) is 46.5. The maximum absolute atomic E-state index is 13.1. The van der Waals surface area contributed by atoms with Gasteiger partial charge in [0.1, 0.15) is 19.3 Å².